The van der Waals surface area contributed by atoms with Gasteiger partial charge in [-0.2, -0.15) is 0 Å². The molecule has 1 aromatic carbocycles. The van der Waals surface area contributed by atoms with Crippen LogP contribution in [0.2, 0.25) is 0 Å². The Morgan fingerprint density at radius 3 is 2.47 bits per heavy atom. The number of carboxylic acid groups (broad SMARTS) is 1. The summed E-state index contributed by atoms with van der Waals surface area (Å²) < 4.78 is 0. The zero-order valence-electron chi connectivity index (χ0n) is 9.67. The maximum Gasteiger partial charge on any atom is 0.335 e. The van der Waals surface area contributed by atoms with Crippen molar-refractivity contribution in [3.8, 4) is 0 Å². The normalized spacial score (nSPS) is 10.5. The molecule has 0 heterocycles. The molecule has 0 atom stereocenters. The van der Waals surface area contributed by atoms with E-state index in [1.165, 1.54) is 0 Å². The van der Waals surface area contributed by atoms with E-state index in [1.54, 1.807) is 30.3 Å². The molecule has 0 amide bonds. The molecule has 0 aromatic heterocycles. The predicted octanol–water partition coefficient (Wildman–Crippen LogP) is 1.37. The largest absolute Gasteiger partial charge is 0.478 e. The summed E-state index contributed by atoms with van der Waals surface area (Å²) in [6.45, 7) is 5.70. The molecule has 0 aliphatic carbocycles. The van der Waals surface area contributed by atoms with E-state index in [2.05, 4.69) is 6.58 Å². The molecule has 4 heteroatoms. The molecule has 0 fully saturated rings. The van der Waals surface area contributed by atoms with E-state index in [-0.39, 0.29) is 12.2 Å². The second-order valence-corrected chi connectivity index (χ2v) is 3.75. The van der Waals surface area contributed by atoms with Gasteiger partial charge in [-0.1, -0.05) is 18.2 Å². The van der Waals surface area contributed by atoms with Crippen LogP contribution in [-0.4, -0.2) is 40.8 Å². The number of hydrogen-bond donors (Lipinski definition) is 2. The molecule has 0 aliphatic heterocycles. The van der Waals surface area contributed by atoms with Crippen molar-refractivity contribution >= 4 is 5.97 Å². The van der Waals surface area contributed by atoms with Crippen LogP contribution >= 0.6 is 0 Å². The smallest absolute Gasteiger partial charge is 0.335 e. The van der Waals surface area contributed by atoms with Crippen molar-refractivity contribution in [3.05, 3.63) is 48.0 Å². The molecular weight excluding hydrogens is 218 g/mol. The van der Waals surface area contributed by atoms with Crippen LogP contribution in [0.15, 0.2) is 36.9 Å². The average Bonchev–Trinajstić information content (AvgIpc) is 2.30. The summed E-state index contributed by atoms with van der Waals surface area (Å²) in [7, 11) is 0. The van der Waals surface area contributed by atoms with Crippen molar-refractivity contribution in [3.63, 3.8) is 0 Å². The maximum atomic E-state index is 10.7. The van der Waals surface area contributed by atoms with Crippen molar-refractivity contribution < 1.29 is 15.0 Å². The summed E-state index contributed by atoms with van der Waals surface area (Å²) in [5, 5.41) is 17.7. The highest BCUT2D eigenvalue weighted by Gasteiger charge is 2.05. The lowest BCUT2D eigenvalue weighted by Gasteiger charge is -2.19. The van der Waals surface area contributed by atoms with Crippen LogP contribution in [0.1, 0.15) is 15.9 Å². The number of nitrogens with zero attached hydrogens (tertiary/aromatic N) is 1. The van der Waals surface area contributed by atoms with Crippen molar-refractivity contribution in [2.24, 2.45) is 0 Å². The number of aromatic carboxylic acids is 1. The minimum absolute atomic E-state index is 0.0983. The Kier molecular flexibility index (Phi) is 5.39. The van der Waals surface area contributed by atoms with Gasteiger partial charge < -0.3 is 10.2 Å². The standard InChI is InChI=1S/C13H17NO3/c1-2-7-14(8-9-15)10-11-3-5-12(6-4-11)13(16)17/h2-6,15H,1,7-10H2,(H,16,17). The second kappa shape index (κ2) is 6.83. The first-order chi connectivity index (χ1) is 8.17. The van der Waals surface area contributed by atoms with Gasteiger partial charge in [-0.3, -0.25) is 4.90 Å². The Morgan fingerprint density at radius 2 is 2.00 bits per heavy atom. The number of benzene rings is 1. The van der Waals surface area contributed by atoms with Crippen LogP contribution in [0.25, 0.3) is 0 Å². The van der Waals surface area contributed by atoms with Crippen molar-refractivity contribution in [1.29, 1.82) is 0 Å². The fourth-order valence-electron chi connectivity index (χ4n) is 1.57. The summed E-state index contributed by atoms with van der Waals surface area (Å²) in [5.74, 6) is -0.921. The van der Waals surface area contributed by atoms with Gasteiger partial charge in [0.05, 0.1) is 12.2 Å². The second-order valence-electron chi connectivity index (χ2n) is 3.75. The molecule has 2 N–H and O–H groups in total. The molecule has 0 radical (unpaired) electrons. The minimum Gasteiger partial charge on any atom is -0.478 e. The van der Waals surface area contributed by atoms with E-state index in [0.29, 0.717) is 19.6 Å². The first-order valence-corrected chi connectivity index (χ1v) is 5.43. The predicted molar refractivity (Wildman–Crippen MR) is 66.0 cm³/mol. The number of hydrogen-bond acceptors (Lipinski definition) is 3. The Hall–Kier alpha value is -1.65. The molecule has 1 rings (SSSR count). The third-order valence-corrected chi connectivity index (χ3v) is 2.41. The molecule has 0 aliphatic rings. The number of carbonyl (C=O) groups is 1. The topological polar surface area (TPSA) is 60.8 Å². The van der Waals surface area contributed by atoms with Crippen LogP contribution in [0, 0.1) is 0 Å². The monoisotopic (exact) mass is 235 g/mol. The Bertz CT molecular complexity index is 373. The lowest BCUT2D eigenvalue weighted by atomic mass is 10.1. The third-order valence-electron chi connectivity index (χ3n) is 2.41. The van der Waals surface area contributed by atoms with E-state index in [9.17, 15) is 4.79 Å². The molecule has 0 saturated heterocycles. The summed E-state index contributed by atoms with van der Waals surface area (Å²) in [4.78, 5) is 12.7. The third kappa shape index (κ3) is 4.38. The van der Waals surface area contributed by atoms with Crippen LogP contribution in [-0.2, 0) is 6.54 Å². The molecule has 0 unspecified atom stereocenters. The van der Waals surface area contributed by atoms with Gasteiger partial charge in [0, 0.05) is 19.6 Å². The van der Waals surface area contributed by atoms with Gasteiger partial charge >= 0.3 is 5.97 Å². The highest BCUT2D eigenvalue weighted by Crippen LogP contribution is 2.07. The highest BCUT2D eigenvalue weighted by molar-refractivity contribution is 5.87. The van der Waals surface area contributed by atoms with E-state index in [0.717, 1.165) is 5.56 Å². The van der Waals surface area contributed by atoms with Gasteiger partial charge in [0.25, 0.3) is 0 Å². The van der Waals surface area contributed by atoms with Gasteiger partial charge in [-0.15, -0.1) is 6.58 Å². The van der Waals surface area contributed by atoms with Crippen molar-refractivity contribution in [2.45, 2.75) is 6.54 Å². The lowest BCUT2D eigenvalue weighted by molar-refractivity contribution is 0.0697. The number of aliphatic hydroxyl groups is 1. The lowest BCUT2D eigenvalue weighted by Crippen LogP contribution is -2.26. The first kappa shape index (κ1) is 13.4. The number of aliphatic hydroxyl groups excluding tert-OH is 1. The zero-order valence-corrected chi connectivity index (χ0v) is 9.67. The summed E-state index contributed by atoms with van der Waals surface area (Å²) >= 11 is 0. The molecule has 1 aromatic rings. The Balaban J connectivity index is 2.65. The summed E-state index contributed by atoms with van der Waals surface area (Å²) in [6, 6.07) is 6.75. The quantitative estimate of drug-likeness (QED) is 0.701. The molecular formula is C13H17NO3. The molecule has 17 heavy (non-hydrogen) atoms. The highest BCUT2D eigenvalue weighted by atomic mass is 16.4. The molecule has 0 bridgehead atoms. The van der Waals surface area contributed by atoms with Gasteiger partial charge in [0.2, 0.25) is 0 Å². The number of carboxylic acids is 1. The van der Waals surface area contributed by atoms with Crippen LogP contribution in [0.5, 0.6) is 0 Å². The summed E-state index contributed by atoms with van der Waals surface area (Å²) in [6.07, 6.45) is 1.78. The maximum absolute atomic E-state index is 10.7. The zero-order chi connectivity index (χ0) is 12.7. The Labute approximate surface area is 101 Å². The van der Waals surface area contributed by atoms with E-state index in [1.807, 2.05) is 4.90 Å². The molecule has 92 valence electrons. The van der Waals surface area contributed by atoms with Gasteiger partial charge in [0.1, 0.15) is 0 Å². The van der Waals surface area contributed by atoms with Gasteiger partial charge in [0.15, 0.2) is 0 Å². The first-order valence-electron chi connectivity index (χ1n) is 5.43. The number of rotatable bonds is 7. The van der Waals surface area contributed by atoms with Crippen molar-refractivity contribution in [1.82, 2.24) is 4.90 Å². The summed E-state index contributed by atoms with van der Waals surface area (Å²) in [5.41, 5.74) is 1.30. The van der Waals surface area contributed by atoms with Crippen LogP contribution < -0.4 is 0 Å². The Morgan fingerprint density at radius 1 is 1.35 bits per heavy atom. The fraction of sp³-hybridized carbons (Fsp3) is 0.308. The van der Waals surface area contributed by atoms with E-state index >= 15 is 0 Å². The molecule has 4 nitrogen and oxygen atoms in total. The molecule has 0 saturated carbocycles. The van der Waals surface area contributed by atoms with E-state index < -0.39 is 5.97 Å². The van der Waals surface area contributed by atoms with Gasteiger partial charge in [-0.05, 0) is 17.7 Å². The average molecular weight is 235 g/mol. The molecule has 0 spiro atoms. The minimum atomic E-state index is -0.921. The van der Waals surface area contributed by atoms with Crippen LogP contribution in [0.4, 0.5) is 0 Å². The van der Waals surface area contributed by atoms with E-state index in [4.69, 9.17) is 10.2 Å². The van der Waals surface area contributed by atoms with Crippen LogP contribution in [0.3, 0.4) is 0 Å². The SMILES string of the molecule is C=CCN(CCO)Cc1ccc(C(=O)O)cc1. The van der Waals surface area contributed by atoms with Gasteiger partial charge in [-0.25, -0.2) is 4.79 Å². The van der Waals surface area contributed by atoms with Crippen molar-refractivity contribution in [2.75, 3.05) is 19.7 Å². The fourth-order valence-corrected chi connectivity index (χ4v) is 1.57.